The fraction of sp³-hybridized carbons (Fsp3) is 0.571. The summed E-state index contributed by atoms with van der Waals surface area (Å²) in [7, 11) is 1.57. The van der Waals surface area contributed by atoms with Crippen LogP contribution in [0.15, 0.2) is 24.3 Å². The predicted molar refractivity (Wildman–Crippen MR) is 72.2 cm³/mol. The molecule has 0 radical (unpaired) electrons. The molecule has 1 aromatic rings. The number of para-hydroxylation sites is 1. The van der Waals surface area contributed by atoms with Gasteiger partial charge in [-0.05, 0) is 12.5 Å². The third-order valence-electron chi connectivity index (χ3n) is 2.70. The molecule has 1 unspecified atom stereocenters. The van der Waals surface area contributed by atoms with Crippen LogP contribution in [0.3, 0.4) is 0 Å². The lowest BCUT2D eigenvalue weighted by atomic mass is 10.0. The molecule has 1 atom stereocenters. The zero-order chi connectivity index (χ0) is 15.7. The van der Waals surface area contributed by atoms with E-state index in [4.69, 9.17) is 15.2 Å². The molecule has 0 saturated carbocycles. The lowest BCUT2D eigenvalue weighted by Gasteiger charge is -2.17. The van der Waals surface area contributed by atoms with Crippen molar-refractivity contribution in [2.45, 2.75) is 18.6 Å². The summed E-state index contributed by atoms with van der Waals surface area (Å²) < 4.78 is 50.8. The Morgan fingerprint density at radius 2 is 1.86 bits per heavy atom. The van der Waals surface area contributed by atoms with E-state index < -0.39 is 18.8 Å². The standard InChI is InChI=1S/C14H20F3NO3/c1-19-8-9-21-13-5-3-2-4-11(13)12(18)6-7-20-10-14(15,16)17/h2-5,12H,6-10,18H2,1H3. The first-order chi connectivity index (χ1) is 9.94. The number of rotatable bonds is 9. The Bertz CT molecular complexity index is 413. The van der Waals surface area contributed by atoms with Crippen LogP contribution >= 0.6 is 0 Å². The summed E-state index contributed by atoms with van der Waals surface area (Å²) in [5, 5.41) is 0. The number of alkyl halides is 3. The molecule has 0 spiro atoms. The molecule has 0 aromatic heterocycles. The van der Waals surface area contributed by atoms with Crippen molar-refractivity contribution in [2.75, 3.05) is 33.5 Å². The van der Waals surface area contributed by atoms with Gasteiger partial charge in [-0.2, -0.15) is 13.2 Å². The summed E-state index contributed by atoms with van der Waals surface area (Å²) in [5.74, 6) is 0.609. The number of halogens is 3. The van der Waals surface area contributed by atoms with Gasteiger partial charge >= 0.3 is 6.18 Å². The summed E-state index contributed by atoms with van der Waals surface area (Å²) in [5.41, 5.74) is 6.72. The van der Waals surface area contributed by atoms with Gasteiger partial charge in [-0.25, -0.2) is 0 Å². The first kappa shape index (κ1) is 17.7. The average Bonchev–Trinajstić information content (AvgIpc) is 2.43. The summed E-state index contributed by atoms with van der Waals surface area (Å²) in [6.45, 7) is -0.498. The van der Waals surface area contributed by atoms with E-state index in [1.807, 2.05) is 0 Å². The van der Waals surface area contributed by atoms with Crippen LogP contribution in [0.4, 0.5) is 13.2 Å². The third kappa shape index (κ3) is 7.31. The number of ether oxygens (including phenoxy) is 3. The van der Waals surface area contributed by atoms with E-state index in [1.165, 1.54) is 0 Å². The molecule has 21 heavy (non-hydrogen) atoms. The molecular weight excluding hydrogens is 287 g/mol. The highest BCUT2D eigenvalue weighted by atomic mass is 19.4. The summed E-state index contributed by atoms with van der Waals surface area (Å²) >= 11 is 0. The topological polar surface area (TPSA) is 53.7 Å². The Morgan fingerprint density at radius 3 is 2.52 bits per heavy atom. The predicted octanol–water partition coefficient (Wildman–Crippen LogP) is 2.68. The quantitative estimate of drug-likeness (QED) is 0.713. The van der Waals surface area contributed by atoms with E-state index in [0.717, 1.165) is 5.56 Å². The van der Waals surface area contributed by atoms with Gasteiger partial charge in [0, 0.05) is 25.3 Å². The van der Waals surface area contributed by atoms with E-state index in [1.54, 1.807) is 31.4 Å². The Kier molecular flexibility index (Phi) is 7.49. The van der Waals surface area contributed by atoms with Crippen LogP contribution in [0.1, 0.15) is 18.0 Å². The van der Waals surface area contributed by atoms with E-state index in [9.17, 15) is 13.2 Å². The van der Waals surface area contributed by atoms with Crippen molar-refractivity contribution >= 4 is 0 Å². The van der Waals surface area contributed by atoms with Crippen LogP contribution in [0, 0.1) is 0 Å². The lowest BCUT2D eigenvalue weighted by molar-refractivity contribution is -0.174. The zero-order valence-electron chi connectivity index (χ0n) is 11.9. The van der Waals surface area contributed by atoms with E-state index in [-0.39, 0.29) is 13.0 Å². The summed E-state index contributed by atoms with van der Waals surface area (Å²) in [4.78, 5) is 0. The molecule has 1 rings (SSSR count). The first-order valence-corrected chi connectivity index (χ1v) is 6.55. The number of hydrogen-bond donors (Lipinski definition) is 1. The highest BCUT2D eigenvalue weighted by Gasteiger charge is 2.27. The molecular formula is C14H20F3NO3. The molecule has 0 bridgehead atoms. The van der Waals surface area contributed by atoms with Crippen LogP contribution in [0.5, 0.6) is 5.75 Å². The summed E-state index contributed by atoms with van der Waals surface area (Å²) in [6, 6.07) is 6.71. The van der Waals surface area contributed by atoms with Crippen LogP contribution in [-0.4, -0.2) is 39.7 Å². The molecule has 0 aliphatic carbocycles. The van der Waals surface area contributed by atoms with E-state index in [0.29, 0.717) is 19.0 Å². The van der Waals surface area contributed by atoms with Gasteiger partial charge in [0.1, 0.15) is 19.0 Å². The second-order valence-corrected chi connectivity index (χ2v) is 4.44. The van der Waals surface area contributed by atoms with Gasteiger partial charge in [-0.15, -0.1) is 0 Å². The zero-order valence-corrected chi connectivity index (χ0v) is 11.9. The SMILES string of the molecule is COCCOc1ccccc1C(N)CCOCC(F)(F)F. The minimum Gasteiger partial charge on any atom is -0.491 e. The molecule has 2 N–H and O–H groups in total. The fourth-order valence-corrected chi connectivity index (χ4v) is 1.71. The number of benzene rings is 1. The Balaban J connectivity index is 2.47. The van der Waals surface area contributed by atoms with Gasteiger partial charge in [0.05, 0.1) is 6.61 Å². The van der Waals surface area contributed by atoms with Gasteiger partial charge in [0.25, 0.3) is 0 Å². The second kappa shape index (κ2) is 8.86. The molecule has 0 fully saturated rings. The molecule has 0 saturated heterocycles. The van der Waals surface area contributed by atoms with Crippen molar-refractivity contribution in [3.05, 3.63) is 29.8 Å². The normalized spacial score (nSPS) is 13.2. The highest BCUT2D eigenvalue weighted by Crippen LogP contribution is 2.25. The van der Waals surface area contributed by atoms with Crippen LogP contribution in [-0.2, 0) is 9.47 Å². The summed E-state index contributed by atoms with van der Waals surface area (Å²) in [6.07, 6.45) is -4.04. The molecule has 0 amide bonds. The molecule has 120 valence electrons. The largest absolute Gasteiger partial charge is 0.491 e. The molecule has 1 aromatic carbocycles. The van der Waals surface area contributed by atoms with Crippen LogP contribution in [0.2, 0.25) is 0 Å². The molecule has 0 aliphatic heterocycles. The van der Waals surface area contributed by atoms with Crippen molar-refractivity contribution in [2.24, 2.45) is 5.73 Å². The second-order valence-electron chi connectivity index (χ2n) is 4.44. The Morgan fingerprint density at radius 1 is 1.14 bits per heavy atom. The minimum absolute atomic E-state index is 0.0624. The maximum absolute atomic E-state index is 12.0. The van der Waals surface area contributed by atoms with Gasteiger partial charge in [0.2, 0.25) is 0 Å². The van der Waals surface area contributed by atoms with Gasteiger partial charge in [-0.3, -0.25) is 0 Å². The fourth-order valence-electron chi connectivity index (χ4n) is 1.71. The Labute approximate surface area is 122 Å². The van der Waals surface area contributed by atoms with Crippen molar-refractivity contribution in [1.29, 1.82) is 0 Å². The average molecular weight is 307 g/mol. The maximum atomic E-state index is 12.0. The van der Waals surface area contributed by atoms with Gasteiger partial charge < -0.3 is 19.9 Å². The van der Waals surface area contributed by atoms with E-state index in [2.05, 4.69) is 4.74 Å². The monoisotopic (exact) mass is 307 g/mol. The highest BCUT2D eigenvalue weighted by molar-refractivity contribution is 5.35. The Hall–Kier alpha value is -1.31. The van der Waals surface area contributed by atoms with Crippen LogP contribution < -0.4 is 10.5 Å². The van der Waals surface area contributed by atoms with Crippen LogP contribution in [0.25, 0.3) is 0 Å². The van der Waals surface area contributed by atoms with E-state index >= 15 is 0 Å². The van der Waals surface area contributed by atoms with Crippen molar-refractivity contribution in [3.63, 3.8) is 0 Å². The number of nitrogens with two attached hydrogens (primary N) is 1. The molecule has 4 nitrogen and oxygen atoms in total. The van der Waals surface area contributed by atoms with Gasteiger partial charge in [-0.1, -0.05) is 18.2 Å². The van der Waals surface area contributed by atoms with Crippen molar-refractivity contribution in [3.8, 4) is 5.75 Å². The smallest absolute Gasteiger partial charge is 0.411 e. The third-order valence-corrected chi connectivity index (χ3v) is 2.70. The lowest BCUT2D eigenvalue weighted by Crippen LogP contribution is -2.20. The van der Waals surface area contributed by atoms with Crippen molar-refractivity contribution in [1.82, 2.24) is 0 Å². The van der Waals surface area contributed by atoms with Crippen molar-refractivity contribution < 1.29 is 27.4 Å². The molecule has 7 heteroatoms. The number of hydrogen-bond acceptors (Lipinski definition) is 4. The number of methoxy groups -OCH3 is 1. The first-order valence-electron chi connectivity index (χ1n) is 6.55. The minimum atomic E-state index is -4.31. The molecule has 0 aliphatic rings. The van der Waals surface area contributed by atoms with Gasteiger partial charge in [0.15, 0.2) is 0 Å². The maximum Gasteiger partial charge on any atom is 0.411 e. The molecule has 0 heterocycles.